The molecule has 0 aromatic heterocycles. The molecule has 2 aliphatic rings. The summed E-state index contributed by atoms with van der Waals surface area (Å²) in [5.41, 5.74) is 0.441. The summed E-state index contributed by atoms with van der Waals surface area (Å²) in [6.07, 6.45) is 2.85. The molecule has 2 bridgehead atoms. The molecule has 2 aliphatic heterocycles. The van der Waals surface area contributed by atoms with Gasteiger partial charge in [-0.25, -0.2) is 4.39 Å². The molecular weight excluding hydrogens is 261 g/mol. The Balaban J connectivity index is 1.86. The molecule has 1 aromatic carbocycles. The minimum absolute atomic E-state index is 0.0836. The van der Waals surface area contributed by atoms with E-state index in [1.54, 1.807) is 0 Å². The topological polar surface area (TPSA) is 49.8 Å². The lowest BCUT2D eigenvalue weighted by Crippen LogP contribution is -2.48. The number of hydrogen-bond donors (Lipinski definition) is 1. The van der Waals surface area contributed by atoms with Crippen molar-refractivity contribution < 1.29 is 19.0 Å². The summed E-state index contributed by atoms with van der Waals surface area (Å²) in [7, 11) is 1.38. The van der Waals surface area contributed by atoms with Gasteiger partial charge in [0.05, 0.1) is 13.2 Å². The van der Waals surface area contributed by atoms with Gasteiger partial charge in [0.2, 0.25) is 0 Å². The van der Waals surface area contributed by atoms with Crippen molar-refractivity contribution in [2.45, 2.75) is 43.9 Å². The monoisotopic (exact) mass is 279 g/mol. The number of ether oxygens (including phenoxy) is 1. The van der Waals surface area contributed by atoms with Crippen molar-refractivity contribution in [3.63, 3.8) is 0 Å². The molecule has 0 spiro atoms. The fraction of sp³-hybridized carbons (Fsp3) is 0.533. The number of amides is 1. The van der Waals surface area contributed by atoms with Crippen LogP contribution >= 0.6 is 0 Å². The van der Waals surface area contributed by atoms with E-state index >= 15 is 0 Å². The van der Waals surface area contributed by atoms with E-state index in [-0.39, 0.29) is 29.8 Å². The van der Waals surface area contributed by atoms with Crippen molar-refractivity contribution in [3.8, 4) is 5.75 Å². The molecule has 0 radical (unpaired) electrons. The molecular formula is C15H18FNO3. The Morgan fingerprint density at radius 1 is 1.35 bits per heavy atom. The molecule has 2 heterocycles. The second-order valence-corrected chi connectivity index (χ2v) is 5.57. The van der Waals surface area contributed by atoms with Gasteiger partial charge in [-0.1, -0.05) is 0 Å². The molecule has 108 valence electrons. The van der Waals surface area contributed by atoms with Crippen LogP contribution in [0.3, 0.4) is 0 Å². The maximum Gasteiger partial charge on any atom is 0.254 e. The molecule has 0 aliphatic carbocycles. The molecule has 4 nitrogen and oxygen atoms in total. The van der Waals surface area contributed by atoms with Gasteiger partial charge in [0.25, 0.3) is 5.91 Å². The number of carbonyl (C=O) groups is 1. The Hall–Kier alpha value is -1.62. The van der Waals surface area contributed by atoms with Crippen LogP contribution in [0.5, 0.6) is 5.75 Å². The van der Waals surface area contributed by atoms with Crippen molar-refractivity contribution in [2.75, 3.05) is 7.11 Å². The SMILES string of the molecule is COc1cc(C(=O)N2C3CCC2CC(O)C3)ccc1F. The van der Waals surface area contributed by atoms with Gasteiger partial charge in [-0.15, -0.1) is 0 Å². The van der Waals surface area contributed by atoms with E-state index in [9.17, 15) is 14.3 Å². The van der Waals surface area contributed by atoms with E-state index < -0.39 is 5.82 Å². The van der Waals surface area contributed by atoms with Gasteiger partial charge >= 0.3 is 0 Å². The second-order valence-electron chi connectivity index (χ2n) is 5.57. The molecule has 2 unspecified atom stereocenters. The molecule has 2 fully saturated rings. The fourth-order valence-corrected chi connectivity index (χ4v) is 3.42. The third-order valence-corrected chi connectivity index (χ3v) is 4.34. The average molecular weight is 279 g/mol. The number of nitrogens with zero attached hydrogens (tertiary/aromatic N) is 1. The largest absolute Gasteiger partial charge is 0.494 e. The minimum Gasteiger partial charge on any atom is -0.494 e. The lowest BCUT2D eigenvalue weighted by Gasteiger charge is -2.37. The van der Waals surface area contributed by atoms with Crippen LogP contribution in [0.25, 0.3) is 0 Å². The van der Waals surface area contributed by atoms with Crippen LogP contribution < -0.4 is 4.74 Å². The van der Waals surface area contributed by atoms with Crippen LogP contribution in [0.1, 0.15) is 36.0 Å². The highest BCUT2D eigenvalue weighted by atomic mass is 19.1. The maximum atomic E-state index is 13.4. The Morgan fingerprint density at radius 2 is 2.00 bits per heavy atom. The van der Waals surface area contributed by atoms with Crippen LogP contribution in [0.4, 0.5) is 4.39 Å². The number of rotatable bonds is 2. The summed E-state index contributed by atoms with van der Waals surface area (Å²) in [5, 5.41) is 9.77. The number of methoxy groups -OCH3 is 1. The van der Waals surface area contributed by atoms with E-state index in [4.69, 9.17) is 4.74 Å². The molecule has 0 saturated carbocycles. The number of halogens is 1. The molecule has 2 atom stereocenters. The first-order valence-electron chi connectivity index (χ1n) is 6.94. The van der Waals surface area contributed by atoms with E-state index in [1.165, 1.54) is 25.3 Å². The smallest absolute Gasteiger partial charge is 0.254 e. The zero-order valence-electron chi connectivity index (χ0n) is 11.4. The molecule has 2 saturated heterocycles. The molecule has 3 rings (SSSR count). The molecule has 20 heavy (non-hydrogen) atoms. The Morgan fingerprint density at radius 3 is 2.60 bits per heavy atom. The van der Waals surface area contributed by atoms with Crippen molar-refractivity contribution in [3.05, 3.63) is 29.6 Å². The van der Waals surface area contributed by atoms with Crippen molar-refractivity contribution in [1.29, 1.82) is 0 Å². The number of fused-ring (bicyclic) bond motifs is 2. The quantitative estimate of drug-likeness (QED) is 0.900. The highest BCUT2D eigenvalue weighted by Crippen LogP contribution is 2.37. The summed E-state index contributed by atoms with van der Waals surface area (Å²) in [6.45, 7) is 0. The predicted molar refractivity (Wildman–Crippen MR) is 71.2 cm³/mol. The van der Waals surface area contributed by atoms with Crippen molar-refractivity contribution in [1.82, 2.24) is 4.90 Å². The first-order chi connectivity index (χ1) is 9.60. The van der Waals surface area contributed by atoms with Crippen LogP contribution in [0.2, 0.25) is 0 Å². The van der Waals surface area contributed by atoms with Crippen LogP contribution in [0, 0.1) is 5.82 Å². The van der Waals surface area contributed by atoms with E-state index in [2.05, 4.69) is 0 Å². The third-order valence-electron chi connectivity index (χ3n) is 4.34. The summed E-state index contributed by atoms with van der Waals surface area (Å²) in [5.74, 6) is -0.482. The number of aliphatic hydroxyl groups excluding tert-OH is 1. The van der Waals surface area contributed by atoms with E-state index in [0.29, 0.717) is 18.4 Å². The van der Waals surface area contributed by atoms with Crippen molar-refractivity contribution in [2.24, 2.45) is 0 Å². The fourth-order valence-electron chi connectivity index (χ4n) is 3.42. The lowest BCUT2D eigenvalue weighted by molar-refractivity contribution is 0.0286. The molecule has 1 aromatic rings. The molecule has 1 amide bonds. The summed E-state index contributed by atoms with van der Waals surface area (Å²) in [4.78, 5) is 14.5. The highest BCUT2D eigenvalue weighted by Gasteiger charge is 2.42. The molecule has 1 N–H and O–H groups in total. The summed E-state index contributed by atoms with van der Waals surface area (Å²) >= 11 is 0. The van der Waals surface area contributed by atoms with Gasteiger partial charge in [-0.2, -0.15) is 0 Å². The van der Waals surface area contributed by atoms with Crippen LogP contribution in [-0.2, 0) is 0 Å². The third kappa shape index (κ3) is 2.16. The number of carbonyl (C=O) groups excluding carboxylic acids is 1. The molecule has 5 heteroatoms. The van der Waals surface area contributed by atoms with Gasteiger partial charge in [0.1, 0.15) is 0 Å². The van der Waals surface area contributed by atoms with Gasteiger partial charge in [0.15, 0.2) is 11.6 Å². The van der Waals surface area contributed by atoms with Crippen LogP contribution in [-0.4, -0.2) is 41.2 Å². The number of benzene rings is 1. The summed E-state index contributed by atoms with van der Waals surface area (Å²) in [6, 6.07) is 4.40. The first kappa shape index (κ1) is 13.4. The van der Waals surface area contributed by atoms with E-state index in [0.717, 1.165) is 12.8 Å². The average Bonchev–Trinajstić information content (AvgIpc) is 2.70. The highest BCUT2D eigenvalue weighted by molar-refractivity contribution is 5.95. The van der Waals surface area contributed by atoms with Crippen molar-refractivity contribution >= 4 is 5.91 Å². The number of piperidine rings is 1. The van der Waals surface area contributed by atoms with Crippen LogP contribution in [0.15, 0.2) is 18.2 Å². The van der Waals surface area contributed by atoms with Gasteiger partial charge < -0.3 is 14.7 Å². The normalized spacial score (nSPS) is 28.6. The lowest BCUT2D eigenvalue weighted by atomic mass is 9.98. The minimum atomic E-state index is -0.471. The Bertz CT molecular complexity index is 520. The maximum absolute atomic E-state index is 13.4. The van der Waals surface area contributed by atoms with E-state index in [1.807, 2.05) is 4.90 Å². The zero-order valence-corrected chi connectivity index (χ0v) is 11.4. The van der Waals surface area contributed by atoms with Gasteiger partial charge in [-0.3, -0.25) is 4.79 Å². The van der Waals surface area contributed by atoms with Gasteiger partial charge in [-0.05, 0) is 43.9 Å². The summed E-state index contributed by atoms with van der Waals surface area (Å²) < 4.78 is 18.3. The number of aliphatic hydroxyl groups is 1. The zero-order chi connectivity index (χ0) is 14.3. The predicted octanol–water partition coefficient (Wildman–Crippen LogP) is 1.96. The Labute approximate surface area is 117 Å². The van der Waals surface area contributed by atoms with Gasteiger partial charge in [0, 0.05) is 17.6 Å². The first-order valence-corrected chi connectivity index (χ1v) is 6.94. The standard InChI is InChI=1S/C15H18FNO3/c1-20-14-6-9(2-5-13(14)16)15(19)17-10-3-4-11(17)8-12(18)7-10/h2,5-6,10-12,18H,3-4,7-8H2,1H3. The number of hydrogen-bond acceptors (Lipinski definition) is 3. The Kier molecular flexibility index (Phi) is 3.38. The second kappa shape index (κ2) is 5.05.